The molecule has 1 amide bonds. The third kappa shape index (κ3) is 4.45. The lowest BCUT2D eigenvalue weighted by molar-refractivity contribution is -0.141. The third-order valence-corrected chi connectivity index (χ3v) is 4.02. The van der Waals surface area contributed by atoms with E-state index in [2.05, 4.69) is 15.0 Å². The van der Waals surface area contributed by atoms with Crippen LogP contribution in [-0.2, 0) is 6.18 Å². The number of anilines is 1. The molecule has 0 radical (unpaired) electrons. The molecule has 29 heavy (non-hydrogen) atoms. The van der Waals surface area contributed by atoms with Crippen molar-refractivity contribution in [2.45, 2.75) is 6.18 Å². The molecule has 6 nitrogen and oxygen atoms in total. The van der Waals surface area contributed by atoms with E-state index in [4.69, 9.17) is 20.5 Å². The number of nitrogens with zero attached hydrogens (tertiary/aromatic N) is 4. The van der Waals surface area contributed by atoms with Gasteiger partial charge < -0.3 is 9.64 Å². The number of amides is 1. The normalized spacial score (nSPS) is 13.2. The predicted octanol–water partition coefficient (Wildman–Crippen LogP) is 4.50. The van der Waals surface area contributed by atoms with Gasteiger partial charge in [0.2, 0.25) is 0 Å². The fraction of sp³-hybridized carbons (Fsp3) is 0.158. The Morgan fingerprint density at radius 2 is 2.00 bits per heavy atom. The van der Waals surface area contributed by atoms with Gasteiger partial charge in [-0.3, -0.25) is 14.8 Å². The highest BCUT2D eigenvalue weighted by atomic mass is 35.5. The molecule has 0 saturated carbocycles. The molecule has 150 valence electrons. The standard InChI is InChI=1S/C19H14ClF3N4O2/c1-27(15-5-4-12(20)7-16(15)29-2)18(28)14-10-24-9-13(26-14)11-3-6-17(25-8-11)19(21,22)23/h3-10H,1-2H3/i1D3. The molecule has 2 heterocycles. The van der Waals surface area contributed by atoms with E-state index in [1.54, 1.807) is 0 Å². The molecule has 0 saturated heterocycles. The van der Waals surface area contributed by atoms with Crippen molar-refractivity contribution in [2.75, 3.05) is 19.0 Å². The molecule has 3 aromatic rings. The number of halogens is 4. The maximum atomic E-state index is 13.1. The van der Waals surface area contributed by atoms with E-state index in [1.165, 1.54) is 31.5 Å². The molecule has 3 rings (SSSR count). The molecule has 2 aromatic heterocycles. The zero-order valence-electron chi connectivity index (χ0n) is 17.7. The summed E-state index contributed by atoms with van der Waals surface area (Å²) in [5.74, 6) is -0.988. The first kappa shape index (κ1) is 16.7. The lowest BCUT2D eigenvalue weighted by Crippen LogP contribution is -2.27. The first-order valence-corrected chi connectivity index (χ1v) is 8.33. The molecule has 10 heteroatoms. The Labute approximate surface area is 173 Å². The molecule has 0 aliphatic carbocycles. The third-order valence-electron chi connectivity index (χ3n) is 3.79. The fourth-order valence-corrected chi connectivity index (χ4v) is 2.54. The Morgan fingerprint density at radius 3 is 2.62 bits per heavy atom. The second-order valence-electron chi connectivity index (χ2n) is 5.68. The van der Waals surface area contributed by atoms with E-state index in [-0.39, 0.29) is 33.4 Å². The Kier molecular flexibility index (Phi) is 4.64. The van der Waals surface area contributed by atoms with Crippen LogP contribution in [0.3, 0.4) is 0 Å². The molecule has 1 aromatic carbocycles. The van der Waals surface area contributed by atoms with Gasteiger partial charge in [0.05, 0.1) is 30.9 Å². The van der Waals surface area contributed by atoms with Gasteiger partial charge in [-0.25, -0.2) is 4.98 Å². The maximum absolute atomic E-state index is 13.1. The van der Waals surface area contributed by atoms with Crippen molar-refractivity contribution in [3.05, 3.63) is 65.3 Å². The number of carbonyl (C=O) groups excluding carboxylic acids is 1. The van der Waals surface area contributed by atoms with E-state index in [0.29, 0.717) is 4.90 Å². The van der Waals surface area contributed by atoms with Gasteiger partial charge in [-0.2, -0.15) is 13.2 Å². The van der Waals surface area contributed by atoms with Gasteiger partial charge in [0.15, 0.2) is 0 Å². The smallest absolute Gasteiger partial charge is 0.433 e. The van der Waals surface area contributed by atoms with Crippen molar-refractivity contribution in [3.63, 3.8) is 0 Å². The zero-order valence-corrected chi connectivity index (χ0v) is 15.5. The number of aromatic nitrogens is 3. The highest BCUT2D eigenvalue weighted by Crippen LogP contribution is 2.31. The highest BCUT2D eigenvalue weighted by Gasteiger charge is 2.32. The van der Waals surface area contributed by atoms with Crippen LogP contribution in [0.5, 0.6) is 5.75 Å². The van der Waals surface area contributed by atoms with Crippen LogP contribution in [0.2, 0.25) is 5.02 Å². The average Bonchev–Trinajstić information content (AvgIpc) is 2.73. The van der Waals surface area contributed by atoms with Gasteiger partial charge in [-0.1, -0.05) is 11.6 Å². The number of hydrogen-bond donors (Lipinski definition) is 0. The van der Waals surface area contributed by atoms with Crippen LogP contribution in [0.25, 0.3) is 11.3 Å². The van der Waals surface area contributed by atoms with Crippen LogP contribution < -0.4 is 9.64 Å². The van der Waals surface area contributed by atoms with Crippen LogP contribution in [0.4, 0.5) is 18.9 Å². The van der Waals surface area contributed by atoms with E-state index in [0.717, 1.165) is 24.5 Å². The highest BCUT2D eigenvalue weighted by molar-refractivity contribution is 6.30. The van der Waals surface area contributed by atoms with Gasteiger partial charge in [0.1, 0.15) is 17.1 Å². The molecular weight excluding hydrogens is 409 g/mol. The van der Waals surface area contributed by atoms with Crippen molar-refractivity contribution < 1.29 is 26.8 Å². The number of rotatable bonds is 4. The lowest BCUT2D eigenvalue weighted by Gasteiger charge is -2.20. The summed E-state index contributed by atoms with van der Waals surface area (Å²) in [5, 5.41) is 0.264. The Morgan fingerprint density at radius 1 is 1.21 bits per heavy atom. The number of pyridine rings is 1. The van der Waals surface area contributed by atoms with Crippen LogP contribution in [0.15, 0.2) is 48.9 Å². The maximum Gasteiger partial charge on any atom is 0.433 e. The number of carbonyl (C=O) groups is 1. The quantitative estimate of drug-likeness (QED) is 0.615. The number of alkyl halides is 3. The summed E-state index contributed by atoms with van der Waals surface area (Å²) in [5.41, 5.74) is -1.33. The average molecular weight is 426 g/mol. The van der Waals surface area contributed by atoms with Crippen molar-refractivity contribution in [2.24, 2.45) is 0 Å². The molecule has 0 atom stereocenters. The Balaban J connectivity index is 2.02. The van der Waals surface area contributed by atoms with Gasteiger partial charge in [0, 0.05) is 33.9 Å². The van der Waals surface area contributed by atoms with Crippen LogP contribution in [-0.4, -0.2) is 34.9 Å². The minimum atomic E-state index is -4.61. The van der Waals surface area contributed by atoms with E-state index in [1.807, 2.05) is 0 Å². The summed E-state index contributed by atoms with van der Waals surface area (Å²) < 4.78 is 66.8. The molecule has 0 spiro atoms. The molecule has 0 unspecified atom stereocenters. The summed E-state index contributed by atoms with van der Waals surface area (Å²) in [6.45, 7) is -2.92. The minimum Gasteiger partial charge on any atom is -0.495 e. The zero-order chi connectivity index (χ0) is 23.7. The summed E-state index contributed by atoms with van der Waals surface area (Å²) in [7, 11) is 1.29. The molecule has 0 bridgehead atoms. The van der Waals surface area contributed by atoms with Crippen LogP contribution in [0, 0.1) is 0 Å². The second-order valence-corrected chi connectivity index (χ2v) is 6.11. The Hall–Kier alpha value is -3.20. The van der Waals surface area contributed by atoms with Crippen molar-refractivity contribution in [1.82, 2.24) is 15.0 Å². The molecule has 0 aliphatic rings. The minimum absolute atomic E-state index is 0.0330. The molecule has 0 fully saturated rings. The van der Waals surface area contributed by atoms with Gasteiger partial charge in [-0.05, 0) is 24.3 Å². The van der Waals surface area contributed by atoms with E-state index in [9.17, 15) is 18.0 Å². The summed E-state index contributed by atoms with van der Waals surface area (Å²) in [4.78, 5) is 24.9. The number of ether oxygens (including phenoxy) is 1. The largest absolute Gasteiger partial charge is 0.495 e. The predicted molar refractivity (Wildman–Crippen MR) is 101 cm³/mol. The molecule has 0 aliphatic heterocycles. The van der Waals surface area contributed by atoms with E-state index >= 15 is 0 Å². The van der Waals surface area contributed by atoms with Crippen LogP contribution in [0.1, 0.15) is 20.3 Å². The molecular formula is C19H14ClF3N4O2. The SMILES string of the molecule is [2H]C([2H])([2H])N(C(=O)c1cncc(-c2ccc(C(F)(F)F)nc2)n1)c1ccc(Cl)cc1OC. The van der Waals surface area contributed by atoms with Gasteiger partial charge >= 0.3 is 6.18 Å². The van der Waals surface area contributed by atoms with Crippen molar-refractivity contribution in [3.8, 4) is 17.0 Å². The summed E-state index contributed by atoms with van der Waals surface area (Å²) in [6.07, 6.45) is -1.42. The summed E-state index contributed by atoms with van der Waals surface area (Å²) >= 11 is 5.92. The topological polar surface area (TPSA) is 68.2 Å². The molecule has 0 N–H and O–H groups in total. The Bertz CT molecular complexity index is 1140. The first-order chi connectivity index (χ1) is 14.9. The first-order valence-electron chi connectivity index (χ1n) is 9.45. The van der Waals surface area contributed by atoms with Crippen molar-refractivity contribution in [1.29, 1.82) is 0 Å². The van der Waals surface area contributed by atoms with Crippen LogP contribution >= 0.6 is 11.6 Å². The number of benzene rings is 1. The second kappa shape index (κ2) is 8.04. The fourth-order valence-electron chi connectivity index (χ4n) is 2.38. The monoisotopic (exact) mass is 425 g/mol. The lowest BCUT2D eigenvalue weighted by atomic mass is 10.2. The summed E-state index contributed by atoms with van der Waals surface area (Å²) in [6, 6.07) is 5.93. The number of methoxy groups -OCH3 is 1. The van der Waals surface area contributed by atoms with Gasteiger partial charge in [0.25, 0.3) is 5.91 Å². The van der Waals surface area contributed by atoms with E-state index < -0.39 is 24.8 Å². The number of hydrogen-bond acceptors (Lipinski definition) is 5. The van der Waals surface area contributed by atoms with Gasteiger partial charge in [-0.15, -0.1) is 0 Å². The van der Waals surface area contributed by atoms with Crippen molar-refractivity contribution >= 4 is 23.2 Å².